The number of phenolic OH excluding ortho intramolecular Hbond substituents is 1. The Hall–Kier alpha value is -1.06. The maximum Gasteiger partial charge on any atom is 0.115 e. The van der Waals surface area contributed by atoms with Gasteiger partial charge in [0.15, 0.2) is 0 Å². The second-order valence-electron chi connectivity index (χ2n) is 5.44. The van der Waals surface area contributed by atoms with Gasteiger partial charge in [-0.05, 0) is 36.5 Å². The summed E-state index contributed by atoms with van der Waals surface area (Å²) in [5.74, 6) is 0.896. The maximum atomic E-state index is 9.37. The van der Waals surface area contributed by atoms with Crippen LogP contribution >= 0.6 is 0 Å². The summed E-state index contributed by atoms with van der Waals surface area (Å²) >= 11 is 0. The van der Waals surface area contributed by atoms with Crippen molar-refractivity contribution in [3.05, 3.63) is 29.8 Å². The van der Waals surface area contributed by atoms with Crippen molar-refractivity contribution >= 4 is 0 Å². The van der Waals surface area contributed by atoms with E-state index in [-0.39, 0.29) is 0 Å². The number of piperidine rings is 1. The predicted octanol–water partition coefficient (Wildman–Crippen LogP) is 2.51. The van der Waals surface area contributed by atoms with E-state index in [0.29, 0.717) is 23.8 Å². The van der Waals surface area contributed by atoms with E-state index in [2.05, 4.69) is 18.7 Å². The molecule has 0 amide bonds. The van der Waals surface area contributed by atoms with Crippen LogP contribution in [0.3, 0.4) is 0 Å². The molecule has 1 aromatic carbocycles. The van der Waals surface area contributed by atoms with Crippen molar-refractivity contribution in [3.8, 4) is 5.75 Å². The highest BCUT2D eigenvalue weighted by Crippen LogP contribution is 2.29. The van der Waals surface area contributed by atoms with E-state index in [1.165, 1.54) is 5.56 Å². The van der Waals surface area contributed by atoms with E-state index in [0.717, 1.165) is 25.9 Å². The summed E-state index contributed by atoms with van der Waals surface area (Å²) in [5, 5.41) is 9.37. The molecule has 1 heterocycles. The molecule has 0 aliphatic carbocycles. The molecule has 0 spiro atoms. The molecule has 3 heteroatoms. The van der Waals surface area contributed by atoms with Crippen molar-refractivity contribution < 1.29 is 5.11 Å². The number of phenols is 1. The van der Waals surface area contributed by atoms with E-state index in [1.54, 1.807) is 12.1 Å². The second kappa shape index (κ2) is 5.72. The fraction of sp³-hybridized carbons (Fsp3) is 0.600. The Morgan fingerprint density at radius 2 is 2.06 bits per heavy atom. The van der Waals surface area contributed by atoms with Crippen LogP contribution in [-0.4, -0.2) is 29.1 Å². The largest absolute Gasteiger partial charge is 0.508 e. The lowest BCUT2D eigenvalue weighted by atomic mass is 9.91. The fourth-order valence-electron chi connectivity index (χ4n) is 2.88. The zero-order chi connectivity index (χ0) is 13.1. The van der Waals surface area contributed by atoms with Crippen LogP contribution in [0.5, 0.6) is 5.75 Å². The third-order valence-corrected chi connectivity index (χ3v) is 4.11. The van der Waals surface area contributed by atoms with Crippen LogP contribution in [0.25, 0.3) is 0 Å². The van der Waals surface area contributed by atoms with E-state index in [4.69, 9.17) is 5.73 Å². The number of nitrogens with zero attached hydrogens (tertiary/aromatic N) is 1. The molecular weight excluding hydrogens is 224 g/mol. The third kappa shape index (κ3) is 2.85. The maximum absolute atomic E-state index is 9.37. The number of nitrogens with two attached hydrogens (primary N) is 1. The zero-order valence-corrected chi connectivity index (χ0v) is 11.3. The Morgan fingerprint density at radius 1 is 1.39 bits per heavy atom. The number of hydrogen-bond acceptors (Lipinski definition) is 3. The lowest BCUT2D eigenvalue weighted by Crippen LogP contribution is -2.47. The minimum atomic E-state index is 0.336. The van der Waals surface area contributed by atoms with E-state index < -0.39 is 0 Å². The van der Waals surface area contributed by atoms with Gasteiger partial charge in [0.25, 0.3) is 0 Å². The van der Waals surface area contributed by atoms with Crippen molar-refractivity contribution in [2.75, 3.05) is 13.1 Å². The molecule has 1 saturated heterocycles. The summed E-state index contributed by atoms with van der Waals surface area (Å²) in [6.45, 7) is 6.60. The minimum absolute atomic E-state index is 0.336. The Kier molecular flexibility index (Phi) is 4.25. The number of hydrogen-bond donors (Lipinski definition) is 2. The Bertz CT molecular complexity index is 377. The van der Waals surface area contributed by atoms with Crippen LogP contribution < -0.4 is 5.73 Å². The topological polar surface area (TPSA) is 49.5 Å². The van der Waals surface area contributed by atoms with Gasteiger partial charge in [0.1, 0.15) is 5.75 Å². The van der Waals surface area contributed by atoms with Gasteiger partial charge in [-0.15, -0.1) is 0 Å². The van der Waals surface area contributed by atoms with E-state index >= 15 is 0 Å². The molecule has 3 N–H and O–H groups in total. The van der Waals surface area contributed by atoms with Gasteiger partial charge in [0.2, 0.25) is 0 Å². The summed E-state index contributed by atoms with van der Waals surface area (Å²) in [6, 6.07) is 8.40. The summed E-state index contributed by atoms with van der Waals surface area (Å²) < 4.78 is 0. The fourth-order valence-corrected chi connectivity index (χ4v) is 2.88. The molecule has 2 rings (SSSR count). The highest BCUT2D eigenvalue weighted by atomic mass is 16.3. The van der Waals surface area contributed by atoms with Crippen LogP contribution in [0.2, 0.25) is 0 Å². The average molecular weight is 248 g/mol. The van der Waals surface area contributed by atoms with Crippen molar-refractivity contribution in [3.63, 3.8) is 0 Å². The van der Waals surface area contributed by atoms with Gasteiger partial charge in [-0.2, -0.15) is 0 Å². The monoisotopic (exact) mass is 248 g/mol. The molecule has 0 aromatic heterocycles. The molecule has 1 fully saturated rings. The molecule has 3 atom stereocenters. The van der Waals surface area contributed by atoms with Crippen molar-refractivity contribution in [2.45, 2.75) is 38.8 Å². The Balaban J connectivity index is 2.11. The molecule has 18 heavy (non-hydrogen) atoms. The Labute approximate surface area is 110 Å². The molecule has 0 bridgehead atoms. The molecule has 1 aromatic rings. The molecule has 1 aliphatic rings. The number of likely N-dealkylation sites (tertiary alicyclic amines) is 1. The average Bonchev–Trinajstić information content (AvgIpc) is 2.37. The lowest BCUT2D eigenvalue weighted by molar-refractivity contribution is 0.113. The first kappa shape index (κ1) is 13.4. The lowest BCUT2D eigenvalue weighted by Gasteiger charge is -2.40. The summed E-state index contributed by atoms with van der Waals surface area (Å²) in [5.41, 5.74) is 7.37. The molecule has 3 nitrogen and oxygen atoms in total. The third-order valence-electron chi connectivity index (χ3n) is 4.11. The van der Waals surface area contributed by atoms with Crippen LogP contribution in [0.15, 0.2) is 24.3 Å². The van der Waals surface area contributed by atoms with Gasteiger partial charge in [-0.1, -0.05) is 26.0 Å². The van der Waals surface area contributed by atoms with Gasteiger partial charge in [0.05, 0.1) is 0 Å². The van der Waals surface area contributed by atoms with Gasteiger partial charge in [0, 0.05) is 25.2 Å². The quantitative estimate of drug-likeness (QED) is 0.864. The Morgan fingerprint density at radius 3 is 2.61 bits per heavy atom. The molecular formula is C15H24N2O. The minimum Gasteiger partial charge on any atom is -0.508 e. The van der Waals surface area contributed by atoms with Crippen molar-refractivity contribution in [1.29, 1.82) is 0 Å². The predicted molar refractivity (Wildman–Crippen MR) is 74.5 cm³/mol. The number of benzene rings is 1. The number of aromatic hydroxyl groups is 1. The summed E-state index contributed by atoms with van der Waals surface area (Å²) in [6.07, 6.45) is 2.17. The standard InChI is InChI=1S/C15H24N2O/c1-3-15(12-4-6-13(18)7-5-12)17-9-8-14(16)11(2)10-17/h4-7,11,14-15,18H,3,8-10,16H2,1-2H3. The van der Waals surface area contributed by atoms with E-state index in [1.807, 2.05) is 12.1 Å². The first-order valence-corrected chi connectivity index (χ1v) is 6.90. The molecule has 1 aliphatic heterocycles. The van der Waals surface area contributed by atoms with Gasteiger partial charge in [-0.25, -0.2) is 0 Å². The first-order chi connectivity index (χ1) is 8.61. The van der Waals surface area contributed by atoms with Crippen molar-refractivity contribution in [2.24, 2.45) is 11.7 Å². The summed E-state index contributed by atoms with van der Waals surface area (Å²) in [4.78, 5) is 2.53. The first-order valence-electron chi connectivity index (χ1n) is 6.90. The van der Waals surface area contributed by atoms with Crippen LogP contribution in [-0.2, 0) is 0 Å². The zero-order valence-electron chi connectivity index (χ0n) is 11.3. The molecule has 0 saturated carbocycles. The van der Waals surface area contributed by atoms with E-state index in [9.17, 15) is 5.11 Å². The molecule has 100 valence electrons. The van der Waals surface area contributed by atoms with Gasteiger partial charge < -0.3 is 10.8 Å². The molecule has 3 unspecified atom stereocenters. The smallest absolute Gasteiger partial charge is 0.115 e. The van der Waals surface area contributed by atoms with Crippen molar-refractivity contribution in [1.82, 2.24) is 4.90 Å². The highest BCUT2D eigenvalue weighted by molar-refractivity contribution is 5.28. The van der Waals surface area contributed by atoms with Gasteiger partial charge >= 0.3 is 0 Å². The second-order valence-corrected chi connectivity index (χ2v) is 5.44. The number of rotatable bonds is 3. The van der Waals surface area contributed by atoms with Crippen LogP contribution in [0.1, 0.15) is 38.3 Å². The SMILES string of the molecule is CCC(c1ccc(O)cc1)N1CCC(N)C(C)C1. The highest BCUT2D eigenvalue weighted by Gasteiger charge is 2.27. The normalized spacial score (nSPS) is 27.1. The summed E-state index contributed by atoms with van der Waals surface area (Å²) in [7, 11) is 0. The van der Waals surface area contributed by atoms with Crippen LogP contribution in [0.4, 0.5) is 0 Å². The van der Waals surface area contributed by atoms with Gasteiger partial charge in [-0.3, -0.25) is 4.90 Å². The molecule has 0 radical (unpaired) electrons. The van der Waals surface area contributed by atoms with Crippen LogP contribution in [0, 0.1) is 5.92 Å².